The summed E-state index contributed by atoms with van der Waals surface area (Å²) in [7, 11) is -1.56. The van der Waals surface area contributed by atoms with E-state index in [1.165, 1.54) is 0 Å². The third-order valence-electron chi connectivity index (χ3n) is 3.13. The summed E-state index contributed by atoms with van der Waals surface area (Å²) in [5.74, 6) is 0.00291. The summed E-state index contributed by atoms with van der Waals surface area (Å²) in [5.41, 5.74) is 13.6. The van der Waals surface area contributed by atoms with Crippen LogP contribution in [0.25, 0.3) is 11.3 Å². The second kappa shape index (κ2) is 5.79. The molecular weight excluding hydrogens is 269 g/mol. The lowest BCUT2D eigenvalue weighted by molar-refractivity contribution is 0.425. The van der Waals surface area contributed by atoms with E-state index < -0.39 is 7.12 Å². The smallest absolute Gasteiger partial charge is 0.423 e. The first-order chi connectivity index (χ1) is 9.97. The second-order valence-corrected chi connectivity index (χ2v) is 4.45. The number of nitrogen functional groups attached to an aromatic ring is 2. The van der Waals surface area contributed by atoms with Gasteiger partial charge in [0.2, 0.25) is 5.95 Å². The summed E-state index contributed by atoms with van der Waals surface area (Å²) in [5, 5.41) is 27.7. The van der Waals surface area contributed by atoms with Crippen molar-refractivity contribution in [2.75, 3.05) is 11.5 Å². The van der Waals surface area contributed by atoms with Crippen molar-refractivity contribution < 1.29 is 10.0 Å². The number of aromatic nitrogens is 2. The monoisotopic (exact) mass is 283 g/mol. The minimum absolute atomic E-state index is 0.0187. The predicted octanol–water partition coefficient (Wildman–Crippen LogP) is -0.578. The van der Waals surface area contributed by atoms with Crippen molar-refractivity contribution in [3.63, 3.8) is 0 Å². The van der Waals surface area contributed by atoms with E-state index in [0.29, 0.717) is 23.1 Å². The van der Waals surface area contributed by atoms with Gasteiger partial charge in [-0.2, -0.15) is 10.2 Å². The number of aryl methyl sites for hydroxylation is 1. The van der Waals surface area contributed by atoms with Gasteiger partial charge in [0.05, 0.1) is 5.69 Å². The summed E-state index contributed by atoms with van der Waals surface area (Å²) >= 11 is 0. The molecule has 0 saturated carbocycles. The Balaban J connectivity index is 2.70. The number of rotatable bonds is 3. The molecule has 1 aromatic heterocycles. The Hall–Kier alpha value is -2.63. The van der Waals surface area contributed by atoms with Gasteiger partial charge in [0.25, 0.3) is 0 Å². The number of benzene rings is 1. The normalized spacial score (nSPS) is 10.2. The van der Waals surface area contributed by atoms with Crippen molar-refractivity contribution in [1.82, 2.24) is 9.97 Å². The standard InChI is InChI=1S/C13H14BN5O2/c1-2-7-5-8(14(20)21)3-4-9(7)11-10(6-15)12(16)19-13(17)18-11/h3-5,20-21H,2H2,1H3,(H4,16,17,18,19). The molecule has 2 aromatic rings. The molecule has 0 amide bonds. The molecule has 0 aliphatic carbocycles. The zero-order valence-corrected chi connectivity index (χ0v) is 11.4. The lowest BCUT2D eigenvalue weighted by atomic mass is 9.78. The number of nitriles is 1. The van der Waals surface area contributed by atoms with E-state index in [1.54, 1.807) is 18.2 Å². The molecule has 7 nitrogen and oxygen atoms in total. The quantitative estimate of drug-likeness (QED) is 0.552. The predicted molar refractivity (Wildman–Crippen MR) is 80.2 cm³/mol. The summed E-state index contributed by atoms with van der Waals surface area (Å²) in [6, 6.07) is 6.84. The molecule has 2 rings (SSSR count). The molecule has 0 spiro atoms. The number of anilines is 2. The number of hydrogen-bond donors (Lipinski definition) is 4. The zero-order chi connectivity index (χ0) is 15.6. The van der Waals surface area contributed by atoms with Crippen LogP contribution in [0.2, 0.25) is 0 Å². The van der Waals surface area contributed by atoms with Crippen LogP contribution in [-0.4, -0.2) is 27.1 Å². The molecule has 6 N–H and O–H groups in total. The molecule has 0 atom stereocenters. The molecule has 0 saturated heterocycles. The van der Waals surface area contributed by atoms with Crippen LogP contribution >= 0.6 is 0 Å². The topological polar surface area (TPSA) is 142 Å². The minimum Gasteiger partial charge on any atom is -0.423 e. The molecule has 1 heterocycles. The highest BCUT2D eigenvalue weighted by Gasteiger charge is 2.18. The van der Waals surface area contributed by atoms with Gasteiger partial charge in [0.15, 0.2) is 0 Å². The maximum Gasteiger partial charge on any atom is 0.488 e. The fraction of sp³-hybridized carbons (Fsp3) is 0.154. The van der Waals surface area contributed by atoms with Crippen LogP contribution in [0.3, 0.4) is 0 Å². The number of nitrogens with zero attached hydrogens (tertiary/aromatic N) is 3. The van der Waals surface area contributed by atoms with Gasteiger partial charge in [-0.1, -0.05) is 25.1 Å². The van der Waals surface area contributed by atoms with Crippen molar-refractivity contribution in [2.24, 2.45) is 0 Å². The fourth-order valence-electron chi connectivity index (χ4n) is 2.10. The Labute approximate surface area is 122 Å². The third-order valence-corrected chi connectivity index (χ3v) is 3.13. The Morgan fingerprint density at radius 2 is 2.00 bits per heavy atom. The fourth-order valence-corrected chi connectivity index (χ4v) is 2.10. The molecule has 0 unspecified atom stereocenters. The van der Waals surface area contributed by atoms with Crippen molar-refractivity contribution >= 4 is 24.3 Å². The van der Waals surface area contributed by atoms with Crippen molar-refractivity contribution in [3.05, 3.63) is 29.3 Å². The minimum atomic E-state index is -1.56. The van der Waals surface area contributed by atoms with Crippen LogP contribution < -0.4 is 16.9 Å². The van der Waals surface area contributed by atoms with Crippen LogP contribution in [0.1, 0.15) is 18.1 Å². The van der Waals surface area contributed by atoms with Gasteiger partial charge in [-0.25, -0.2) is 4.98 Å². The lowest BCUT2D eigenvalue weighted by Gasteiger charge is -2.12. The highest BCUT2D eigenvalue weighted by atomic mass is 16.4. The average molecular weight is 283 g/mol. The molecule has 106 valence electrons. The van der Waals surface area contributed by atoms with Gasteiger partial charge in [0.1, 0.15) is 17.5 Å². The average Bonchev–Trinajstić information content (AvgIpc) is 2.45. The van der Waals surface area contributed by atoms with Crippen LogP contribution in [0.4, 0.5) is 11.8 Å². The Morgan fingerprint density at radius 3 is 2.57 bits per heavy atom. The highest BCUT2D eigenvalue weighted by molar-refractivity contribution is 6.58. The maximum atomic E-state index is 9.23. The van der Waals surface area contributed by atoms with Gasteiger partial charge < -0.3 is 21.5 Å². The van der Waals surface area contributed by atoms with E-state index in [2.05, 4.69) is 9.97 Å². The molecule has 8 heteroatoms. The molecular formula is C13H14BN5O2. The molecule has 21 heavy (non-hydrogen) atoms. The molecule has 0 aliphatic heterocycles. The second-order valence-electron chi connectivity index (χ2n) is 4.45. The van der Waals surface area contributed by atoms with Crippen LogP contribution in [0, 0.1) is 11.3 Å². The molecule has 0 bridgehead atoms. The van der Waals surface area contributed by atoms with Crippen LogP contribution in [-0.2, 0) is 6.42 Å². The van der Waals surface area contributed by atoms with Gasteiger partial charge in [-0.05, 0) is 17.4 Å². The van der Waals surface area contributed by atoms with Gasteiger partial charge in [-0.3, -0.25) is 0 Å². The van der Waals surface area contributed by atoms with Gasteiger partial charge in [0, 0.05) is 5.56 Å². The van der Waals surface area contributed by atoms with Gasteiger partial charge in [-0.15, -0.1) is 0 Å². The SMILES string of the molecule is CCc1cc(B(O)O)ccc1-c1nc(N)nc(N)c1C#N. The largest absolute Gasteiger partial charge is 0.488 e. The summed E-state index contributed by atoms with van der Waals surface area (Å²) < 4.78 is 0. The van der Waals surface area contributed by atoms with Crippen molar-refractivity contribution in [3.8, 4) is 17.3 Å². The van der Waals surface area contributed by atoms with Crippen LogP contribution in [0.15, 0.2) is 18.2 Å². The van der Waals surface area contributed by atoms with E-state index in [4.69, 9.17) is 11.5 Å². The van der Waals surface area contributed by atoms with Gasteiger partial charge >= 0.3 is 7.12 Å². The molecule has 0 radical (unpaired) electrons. The maximum absolute atomic E-state index is 9.23. The Morgan fingerprint density at radius 1 is 1.29 bits per heavy atom. The first kappa shape index (κ1) is 14.8. The van der Waals surface area contributed by atoms with E-state index in [9.17, 15) is 15.3 Å². The van der Waals surface area contributed by atoms with Crippen LogP contribution in [0.5, 0.6) is 0 Å². The molecule has 0 fully saturated rings. The summed E-state index contributed by atoms with van der Waals surface area (Å²) in [6.45, 7) is 1.91. The van der Waals surface area contributed by atoms with E-state index in [-0.39, 0.29) is 17.3 Å². The van der Waals surface area contributed by atoms with E-state index in [0.717, 1.165) is 5.56 Å². The van der Waals surface area contributed by atoms with E-state index in [1.807, 2.05) is 13.0 Å². The zero-order valence-electron chi connectivity index (χ0n) is 11.4. The molecule has 1 aromatic carbocycles. The summed E-state index contributed by atoms with van der Waals surface area (Å²) in [6.07, 6.45) is 0.616. The Kier molecular flexibility index (Phi) is 4.07. The number of hydrogen-bond acceptors (Lipinski definition) is 7. The first-order valence-corrected chi connectivity index (χ1v) is 6.30. The molecule has 0 aliphatic rings. The Bertz CT molecular complexity index is 727. The van der Waals surface area contributed by atoms with E-state index >= 15 is 0 Å². The van der Waals surface area contributed by atoms with Crippen molar-refractivity contribution in [1.29, 1.82) is 5.26 Å². The number of nitrogens with two attached hydrogens (primary N) is 2. The summed E-state index contributed by atoms with van der Waals surface area (Å²) in [4.78, 5) is 7.87. The van der Waals surface area contributed by atoms with Crippen molar-refractivity contribution in [2.45, 2.75) is 13.3 Å². The lowest BCUT2D eigenvalue weighted by Crippen LogP contribution is -2.30. The third kappa shape index (κ3) is 2.79. The highest BCUT2D eigenvalue weighted by Crippen LogP contribution is 2.28. The first-order valence-electron chi connectivity index (χ1n) is 6.30.